The molecule has 1 amide bonds. The number of ether oxygens (including phenoxy) is 2. The highest BCUT2D eigenvalue weighted by molar-refractivity contribution is 5.93. The molecule has 1 aromatic carbocycles. The number of nitrogens with one attached hydrogen (secondary N) is 2. The first-order valence-corrected chi connectivity index (χ1v) is 11.9. The van der Waals surface area contributed by atoms with Crippen molar-refractivity contribution in [2.75, 3.05) is 11.9 Å². The van der Waals surface area contributed by atoms with Gasteiger partial charge in [0.15, 0.2) is 0 Å². The molecule has 2 aliphatic rings. The number of H-pyrrole nitrogens is 1. The van der Waals surface area contributed by atoms with Crippen molar-refractivity contribution >= 4 is 11.7 Å². The number of carbonyl (C=O) groups excluding carboxylic acids is 1. The number of imidazole rings is 1. The lowest BCUT2D eigenvalue weighted by molar-refractivity contribution is -0.116. The molecule has 0 bridgehead atoms. The number of carbonyl (C=O) groups is 1. The quantitative estimate of drug-likeness (QED) is 0.448. The molecule has 0 saturated carbocycles. The normalized spacial score (nSPS) is 16.7. The maximum absolute atomic E-state index is 11.7. The number of fused-ring (bicyclic) bond motifs is 2. The minimum atomic E-state index is -0.0190. The lowest BCUT2D eigenvalue weighted by Crippen LogP contribution is -2.20. The number of nitrogens with zero attached hydrogens (tertiary/aromatic N) is 4. The molecular weight excluding hydrogens is 444 g/mol. The summed E-state index contributed by atoms with van der Waals surface area (Å²) in [5.41, 5.74) is 4.87. The Balaban J connectivity index is 1.22. The van der Waals surface area contributed by atoms with Crippen molar-refractivity contribution in [2.45, 2.75) is 45.6 Å². The van der Waals surface area contributed by atoms with Gasteiger partial charge in [0, 0.05) is 30.9 Å². The van der Waals surface area contributed by atoms with Crippen molar-refractivity contribution in [3.8, 4) is 28.6 Å². The third-order valence-electron chi connectivity index (χ3n) is 6.49. The van der Waals surface area contributed by atoms with E-state index in [4.69, 9.17) is 14.5 Å². The van der Waals surface area contributed by atoms with Gasteiger partial charge in [0.1, 0.15) is 34.6 Å². The molecule has 5 heterocycles. The summed E-state index contributed by atoms with van der Waals surface area (Å²) in [6.45, 7) is 5.42. The summed E-state index contributed by atoms with van der Waals surface area (Å²) in [6, 6.07) is 9.78. The van der Waals surface area contributed by atoms with Crippen LogP contribution in [0.5, 0.6) is 17.2 Å². The number of hydrogen-bond donors (Lipinski definition) is 2. The fourth-order valence-corrected chi connectivity index (χ4v) is 4.76. The van der Waals surface area contributed by atoms with Gasteiger partial charge in [-0.15, -0.1) is 0 Å². The molecule has 9 nitrogen and oxygen atoms in total. The van der Waals surface area contributed by atoms with E-state index in [1.807, 2.05) is 42.1 Å². The third kappa shape index (κ3) is 4.03. The van der Waals surface area contributed by atoms with Gasteiger partial charge in [0.05, 0.1) is 23.9 Å². The van der Waals surface area contributed by atoms with Gasteiger partial charge in [-0.05, 0) is 62.6 Å². The Morgan fingerprint density at radius 1 is 1.23 bits per heavy atom. The van der Waals surface area contributed by atoms with E-state index in [2.05, 4.69) is 33.4 Å². The number of hydrogen-bond acceptors (Lipinski definition) is 6. The molecule has 0 saturated heterocycles. The number of anilines is 1. The number of aromatic nitrogens is 5. The number of aryl methyl sites for hydroxylation is 2. The standard InChI is InChI=1S/C26H26N6O3/c1-3-32-21(10-15(2)31-32)20-13-28-25(29-20)17-11-16-12-18(4-6-22(16)34-14-17)35-23-8-9-27-26-19(23)5-7-24(33)30-26/h4,6,8-10,12-13,17H,3,5,7,11,14H2,1-2H3,(H,28,29)(H,27,30,33)/t17-/m1/s1. The molecule has 0 spiro atoms. The zero-order valence-electron chi connectivity index (χ0n) is 19.7. The first-order valence-electron chi connectivity index (χ1n) is 11.9. The highest BCUT2D eigenvalue weighted by Crippen LogP contribution is 2.37. The number of aromatic amines is 1. The van der Waals surface area contributed by atoms with Crippen LogP contribution >= 0.6 is 0 Å². The smallest absolute Gasteiger partial charge is 0.225 e. The first-order chi connectivity index (χ1) is 17.1. The lowest BCUT2D eigenvalue weighted by atomic mass is 9.96. The molecule has 1 atom stereocenters. The molecule has 0 fully saturated rings. The predicted octanol–water partition coefficient (Wildman–Crippen LogP) is 4.39. The fourth-order valence-electron chi connectivity index (χ4n) is 4.76. The van der Waals surface area contributed by atoms with Crippen molar-refractivity contribution in [3.05, 3.63) is 65.4 Å². The first kappa shape index (κ1) is 21.4. The van der Waals surface area contributed by atoms with Crippen molar-refractivity contribution in [3.63, 3.8) is 0 Å². The van der Waals surface area contributed by atoms with E-state index in [0.29, 0.717) is 31.0 Å². The van der Waals surface area contributed by atoms with Gasteiger partial charge in [-0.25, -0.2) is 9.97 Å². The van der Waals surface area contributed by atoms with E-state index in [1.165, 1.54) is 0 Å². The van der Waals surface area contributed by atoms with Gasteiger partial charge in [-0.2, -0.15) is 5.10 Å². The van der Waals surface area contributed by atoms with Crippen LogP contribution in [-0.2, 0) is 24.2 Å². The zero-order valence-corrected chi connectivity index (χ0v) is 19.7. The van der Waals surface area contributed by atoms with Gasteiger partial charge < -0.3 is 19.8 Å². The summed E-state index contributed by atoms with van der Waals surface area (Å²) in [7, 11) is 0. The van der Waals surface area contributed by atoms with Crippen LogP contribution in [0.1, 0.15) is 41.9 Å². The molecule has 3 aromatic heterocycles. The second kappa shape index (κ2) is 8.57. The maximum atomic E-state index is 11.7. The topological polar surface area (TPSA) is 107 Å². The Labute approximate surface area is 202 Å². The summed E-state index contributed by atoms with van der Waals surface area (Å²) in [5.74, 6) is 3.86. The second-order valence-corrected chi connectivity index (χ2v) is 8.93. The summed E-state index contributed by atoms with van der Waals surface area (Å²) in [5, 5.41) is 7.35. The van der Waals surface area contributed by atoms with Crippen LogP contribution < -0.4 is 14.8 Å². The van der Waals surface area contributed by atoms with Gasteiger partial charge in [0.25, 0.3) is 0 Å². The number of benzene rings is 1. The molecule has 6 rings (SSSR count). The van der Waals surface area contributed by atoms with E-state index in [-0.39, 0.29) is 11.8 Å². The SMILES string of the molecule is CCn1nc(C)cc1-c1c[nH]c([C@H]2COc3ccc(Oc4ccnc5c4CCC(=O)N5)cc3C2)n1. The zero-order chi connectivity index (χ0) is 23.9. The molecule has 9 heteroatoms. The summed E-state index contributed by atoms with van der Waals surface area (Å²) >= 11 is 0. The average molecular weight is 471 g/mol. The molecule has 35 heavy (non-hydrogen) atoms. The van der Waals surface area contributed by atoms with Gasteiger partial charge in [-0.3, -0.25) is 9.48 Å². The van der Waals surface area contributed by atoms with Crippen LogP contribution in [0.4, 0.5) is 5.82 Å². The van der Waals surface area contributed by atoms with Crippen LogP contribution in [0.3, 0.4) is 0 Å². The van der Waals surface area contributed by atoms with E-state index in [1.54, 1.807) is 6.20 Å². The van der Waals surface area contributed by atoms with Crippen LogP contribution in [0.2, 0.25) is 0 Å². The Morgan fingerprint density at radius 3 is 3.03 bits per heavy atom. The summed E-state index contributed by atoms with van der Waals surface area (Å²) in [4.78, 5) is 24.2. The highest BCUT2D eigenvalue weighted by atomic mass is 16.5. The van der Waals surface area contributed by atoms with Crippen molar-refractivity contribution < 1.29 is 14.3 Å². The van der Waals surface area contributed by atoms with Crippen LogP contribution in [0.25, 0.3) is 11.4 Å². The van der Waals surface area contributed by atoms with E-state index in [0.717, 1.165) is 58.5 Å². The predicted molar refractivity (Wildman–Crippen MR) is 130 cm³/mol. The lowest BCUT2D eigenvalue weighted by Gasteiger charge is -2.25. The number of amides is 1. The van der Waals surface area contributed by atoms with Crippen molar-refractivity contribution in [1.82, 2.24) is 24.7 Å². The number of rotatable bonds is 5. The Morgan fingerprint density at radius 2 is 2.14 bits per heavy atom. The van der Waals surface area contributed by atoms with Gasteiger partial charge >= 0.3 is 0 Å². The number of pyridine rings is 1. The molecule has 0 unspecified atom stereocenters. The van der Waals surface area contributed by atoms with E-state index >= 15 is 0 Å². The third-order valence-corrected chi connectivity index (χ3v) is 6.49. The minimum absolute atomic E-state index is 0.0190. The minimum Gasteiger partial charge on any atom is -0.493 e. The average Bonchev–Trinajstić information content (AvgIpc) is 3.50. The fraction of sp³-hybridized carbons (Fsp3) is 0.308. The monoisotopic (exact) mass is 470 g/mol. The Hall–Kier alpha value is -4.14. The van der Waals surface area contributed by atoms with Crippen LogP contribution in [-0.4, -0.2) is 37.2 Å². The molecular formula is C26H26N6O3. The van der Waals surface area contributed by atoms with Gasteiger partial charge in [-0.1, -0.05) is 0 Å². The summed E-state index contributed by atoms with van der Waals surface area (Å²) in [6.07, 6.45) is 5.42. The Kier molecular flexibility index (Phi) is 5.24. The van der Waals surface area contributed by atoms with Crippen molar-refractivity contribution in [2.24, 2.45) is 0 Å². The summed E-state index contributed by atoms with van der Waals surface area (Å²) < 4.78 is 14.3. The van der Waals surface area contributed by atoms with Crippen LogP contribution in [0.15, 0.2) is 42.7 Å². The molecule has 0 aliphatic carbocycles. The molecule has 0 radical (unpaired) electrons. The molecule has 2 N–H and O–H groups in total. The maximum Gasteiger partial charge on any atom is 0.225 e. The van der Waals surface area contributed by atoms with E-state index < -0.39 is 0 Å². The second-order valence-electron chi connectivity index (χ2n) is 8.93. The van der Waals surface area contributed by atoms with Crippen molar-refractivity contribution in [1.29, 1.82) is 0 Å². The molecule has 178 valence electrons. The molecule has 4 aromatic rings. The largest absolute Gasteiger partial charge is 0.493 e. The Bertz CT molecular complexity index is 1420. The van der Waals surface area contributed by atoms with Gasteiger partial charge in [0.2, 0.25) is 5.91 Å². The van der Waals surface area contributed by atoms with E-state index in [9.17, 15) is 4.79 Å². The highest BCUT2D eigenvalue weighted by Gasteiger charge is 2.26. The molecule has 2 aliphatic heterocycles. The van der Waals surface area contributed by atoms with Crippen LogP contribution in [0, 0.1) is 6.92 Å².